The summed E-state index contributed by atoms with van der Waals surface area (Å²) in [7, 11) is 0. The third kappa shape index (κ3) is 2.73. The minimum atomic E-state index is -0.324. The molecule has 0 radical (unpaired) electrons. The summed E-state index contributed by atoms with van der Waals surface area (Å²) < 4.78 is 5.69. The Labute approximate surface area is 112 Å². The summed E-state index contributed by atoms with van der Waals surface area (Å²) in [5, 5.41) is 0. The summed E-state index contributed by atoms with van der Waals surface area (Å²) in [5.74, 6) is -0.324. The highest BCUT2D eigenvalue weighted by Crippen LogP contribution is 2.31. The van der Waals surface area contributed by atoms with Crippen molar-refractivity contribution in [1.82, 2.24) is 4.98 Å². The van der Waals surface area contributed by atoms with E-state index >= 15 is 0 Å². The van der Waals surface area contributed by atoms with Gasteiger partial charge < -0.3 is 4.74 Å². The zero-order valence-corrected chi connectivity index (χ0v) is 11.5. The molecule has 17 heavy (non-hydrogen) atoms. The normalized spacial score (nSPS) is 10.2. The third-order valence-electron chi connectivity index (χ3n) is 2.11. The van der Waals surface area contributed by atoms with Gasteiger partial charge in [0.15, 0.2) is 3.92 Å². The molecule has 0 unspecified atom stereocenters. The van der Waals surface area contributed by atoms with Crippen LogP contribution in [0.25, 0.3) is 11.3 Å². The minimum Gasteiger partial charge on any atom is -0.462 e. The molecule has 1 aromatic heterocycles. The molecule has 2 aromatic rings. The standard InChI is InChI=1S/C12H10BrNO2S/c1-2-16-11(15)10-9(14-12(13)17-10)8-6-4-3-5-7-8/h3-7H,2H2,1H3. The van der Waals surface area contributed by atoms with Crippen LogP contribution in [0.1, 0.15) is 16.6 Å². The van der Waals surface area contributed by atoms with Crippen molar-refractivity contribution in [2.45, 2.75) is 6.92 Å². The fourth-order valence-corrected chi connectivity index (χ4v) is 2.79. The molecule has 1 heterocycles. The monoisotopic (exact) mass is 311 g/mol. The zero-order valence-electron chi connectivity index (χ0n) is 9.14. The van der Waals surface area contributed by atoms with Gasteiger partial charge in [0.1, 0.15) is 4.88 Å². The topological polar surface area (TPSA) is 39.2 Å². The third-order valence-corrected chi connectivity index (χ3v) is 3.60. The molecule has 0 bridgehead atoms. The second kappa shape index (κ2) is 5.42. The average Bonchev–Trinajstić information content (AvgIpc) is 2.73. The van der Waals surface area contributed by atoms with Crippen LogP contribution in [0.2, 0.25) is 0 Å². The maximum absolute atomic E-state index is 11.8. The predicted octanol–water partition coefficient (Wildman–Crippen LogP) is 3.75. The Balaban J connectivity index is 2.44. The van der Waals surface area contributed by atoms with Gasteiger partial charge in [-0.15, -0.1) is 0 Å². The van der Waals surface area contributed by atoms with Gasteiger partial charge in [-0.25, -0.2) is 9.78 Å². The quantitative estimate of drug-likeness (QED) is 0.810. The number of nitrogens with zero attached hydrogens (tertiary/aromatic N) is 1. The van der Waals surface area contributed by atoms with Gasteiger partial charge in [-0.2, -0.15) is 0 Å². The van der Waals surface area contributed by atoms with E-state index in [0.29, 0.717) is 21.1 Å². The number of carbonyl (C=O) groups is 1. The van der Waals surface area contributed by atoms with E-state index < -0.39 is 0 Å². The Hall–Kier alpha value is -1.20. The molecule has 0 aliphatic heterocycles. The molecular weight excluding hydrogens is 302 g/mol. The van der Waals surface area contributed by atoms with Gasteiger partial charge in [0.2, 0.25) is 0 Å². The van der Waals surface area contributed by atoms with Gasteiger partial charge >= 0.3 is 5.97 Å². The zero-order chi connectivity index (χ0) is 12.3. The lowest BCUT2D eigenvalue weighted by Crippen LogP contribution is -2.03. The highest BCUT2D eigenvalue weighted by atomic mass is 79.9. The number of halogens is 1. The minimum absolute atomic E-state index is 0.324. The molecule has 0 spiro atoms. The number of carbonyl (C=O) groups excluding carboxylic acids is 1. The first kappa shape index (κ1) is 12.3. The molecule has 0 N–H and O–H groups in total. The van der Waals surface area contributed by atoms with Crippen LogP contribution < -0.4 is 0 Å². The van der Waals surface area contributed by atoms with E-state index in [2.05, 4.69) is 20.9 Å². The van der Waals surface area contributed by atoms with Crippen LogP contribution in [-0.4, -0.2) is 17.6 Å². The van der Waals surface area contributed by atoms with Gasteiger partial charge in [0.05, 0.1) is 12.3 Å². The maximum Gasteiger partial charge on any atom is 0.350 e. The van der Waals surface area contributed by atoms with Crippen LogP contribution in [0, 0.1) is 0 Å². The van der Waals surface area contributed by atoms with Gasteiger partial charge in [-0.3, -0.25) is 0 Å². The molecule has 0 amide bonds. The number of rotatable bonds is 3. The van der Waals surface area contributed by atoms with Crippen molar-refractivity contribution < 1.29 is 9.53 Å². The first-order chi connectivity index (χ1) is 8.22. The largest absolute Gasteiger partial charge is 0.462 e. The van der Waals surface area contributed by atoms with Gasteiger partial charge in [0, 0.05) is 5.56 Å². The average molecular weight is 312 g/mol. The summed E-state index contributed by atoms with van der Waals surface area (Å²) in [6.45, 7) is 2.15. The van der Waals surface area contributed by atoms with Crippen molar-refractivity contribution in [1.29, 1.82) is 0 Å². The molecule has 3 nitrogen and oxygen atoms in total. The molecule has 0 atom stereocenters. The number of hydrogen-bond donors (Lipinski definition) is 0. The van der Waals surface area contributed by atoms with E-state index in [1.165, 1.54) is 11.3 Å². The number of benzene rings is 1. The van der Waals surface area contributed by atoms with Crippen LogP contribution in [0.3, 0.4) is 0 Å². The Morgan fingerprint density at radius 2 is 2.12 bits per heavy atom. The summed E-state index contributed by atoms with van der Waals surface area (Å²) in [6, 6.07) is 9.60. The molecule has 5 heteroatoms. The Kier molecular flexibility index (Phi) is 3.91. The van der Waals surface area contributed by atoms with Crippen LogP contribution in [-0.2, 0) is 4.74 Å². The van der Waals surface area contributed by atoms with Crippen LogP contribution >= 0.6 is 27.3 Å². The van der Waals surface area contributed by atoms with E-state index in [1.54, 1.807) is 6.92 Å². The lowest BCUT2D eigenvalue weighted by Gasteiger charge is -2.01. The van der Waals surface area contributed by atoms with Crippen LogP contribution in [0.4, 0.5) is 0 Å². The number of hydrogen-bond acceptors (Lipinski definition) is 4. The predicted molar refractivity (Wildman–Crippen MR) is 71.2 cm³/mol. The molecule has 0 saturated carbocycles. The van der Waals surface area contributed by atoms with E-state index in [0.717, 1.165) is 5.56 Å². The Morgan fingerprint density at radius 1 is 1.41 bits per heavy atom. The lowest BCUT2D eigenvalue weighted by molar-refractivity contribution is 0.0532. The second-order valence-corrected chi connectivity index (χ2v) is 5.51. The number of thiazole rings is 1. The lowest BCUT2D eigenvalue weighted by atomic mass is 10.1. The van der Waals surface area contributed by atoms with Crippen molar-refractivity contribution in [2.75, 3.05) is 6.61 Å². The maximum atomic E-state index is 11.8. The number of esters is 1. The van der Waals surface area contributed by atoms with E-state index in [-0.39, 0.29) is 5.97 Å². The van der Waals surface area contributed by atoms with E-state index in [9.17, 15) is 4.79 Å². The number of ether oxygens (including phenoxy) is 1. The molecule has 0 saturated heterocycles. The van der Waals surface area contributed by atoms with Crippen molar-refractivity contribution in [2.24, 2.45) is 0 Å². The first-order valence-corrected chi connectivity index (χ1v) is 6.72. The summed E-state index contributed by atoms with van der Waals surface area (Å²) in [5.41, 5.74) is 1.58. The molecule has 2 rings (SSSR count). The van der Waals surface area contributed by atoms with Gasteiger partial charge in [-0.05, 0) is 22.9 Å². The molecule has 0 aliphatic rings. The van der Waals surface area contributed by atoms with Crippen molar-refractivity contribution in [3.8, 4) is 11.3 Å². The Bertz CT molecular complexity index is 525. The smallest absolute Gasteiger partial charge is 0.350 e. The fraction of sp³-hybridized carbons (Fsp3) is 0.167. The van der Waals surface area contributed by atoms with Crippen LogP contribution in [0.15, 0.2) is 34.2 Å². The molecule has 1 aromatic carbocycles. The van der Waals surface area contributed by atoms with Crippen LogP contribution in [0.5, 0.6) is 0 Å². The highest BCUT2D eigenvalue weighted by molar-refractivity contribution is 9.11. The Morgan fingerprint density at radius 3 is 2.76 bits per heavy atom. The first-order valence-electron chi connectivity index (χ1n) is 5.11. The van der Waals surface area contributed by atoms with E-state index in [1.807, 2.05) is 30.3 Å². The number of aromatic nitrogens is 1. The second-order valence-electron chi connectivity index (χ2n) is 3.23. The van der Waals surface area contributed by atoms with Gasteiger partial charge in [-0.1, -0.05) is 41.7 Å². The molecule has 0 aliphatic carbocycles. The molecular formula is C12H10BrNO2S. The molecule has 88 valence electrons. The summed E-state index contributed by atoms with van der Waals surface area (Å²) in [4.78, 5) is 16.6. The van der Waals surface area contributed by atoms with Gasteiger partial charge in [0.25, 0.3) is 0 Å². The summed E-state index contributed by atoms with van der Waals surface area (Å²) in [6.07, 6.45) is 0. The van der Waals surface area contributed by atoms with Crippen molar-refractivity contribution in [3.63, 3.8) is 0 Å². The summed E-state index contributed by atoms with van der Waals surface area (Å²) >= 11 is 4.59. The molecule has 0 fully saturated rings. The van der Waals surface area contributed by atoms with E-state index in [4.69, 9.17) is 4.74 Å². The highest BCUT2D eigenvalue weighted by Gasteiger charge is 2.19. The van der Waals surface area contributed by atoms with Crippen molar-refractivity contribution >= 4 is 33.2 Å². The SMILES string of the molecule is CCOC(=O)c1sc(Br)nc1-c1ccccc1. The fourth-order valence-electron chi connectivity index (χ4n) is 1.42. The van der Waals surface area contributed by atoms with Crippen molar-refractivity contribution in [3.05, 3.63) is 39.1 Å².